The van der Waals surface area contributed by atoms with Crippen LogP contribution in [0, 0.1) is 0 Å². The third kappa shape index (κ3) is 8.76. The molecule has 2 saturated heterocycles. The Morgan fingerprint density at radius 3 is 2.28 bits per heavy atom. The summed E-state index contributed by atoms with van der Waals surface area (Å²) in [5, 5.41) is 67.5. The number of carboxylic acids is 1. The molecule has 2 aliphatic heterocycles. The number of carboxylic acid groups (broad SMARTS) is 1. The Bertz CT molecular complexity index is 1600. The van der Waals surface area contributed by atoms with E-state index >= 15 is 0 Å². The summed E-state index contributed by atoms with van der Waals surface area (Å²) in [6.07, 6.45) is -10.1. The third-order valence-electron chi connectivity index (χ3n) is 8.49. The molecular weight excluding hydrogens is 662 g/mol. The molecule has 1 aromatic heterocycles. The average molecular weight is 702 g/mol. The number of aliphatic carboxylic acids is 1. The number of benzene rings is 2. The second-order valence-electron chi connectivity index (χ2n) is 11.8. The monoisotopic (exact) mass is 701 g/mol. The van der Waals surface area contributed by atoms with Gasteiger partial charge in [0.15, 0.2) is 12.6 Å². The summed E-state index contributed by atoms with van der Waals surface area (Å²) in [6.45, 7) is -1.98. The van der Waals surface area contributed by atoms with E-state index in [4.69, 9.17) is 34.3 Å². The molecule has 0 spiro atoms. The molecule has 5 unspecified atom stereocenters. The molecule has 18 nitrogen and oxygen atoms in total. The molecule has 3 aromatic rings. The number of azide groups is 1. The Labute approximate surface area is 284 Å². The number of hydrogen-bond donors (Lipinski definition) is 8. The number of H-pyrrole nitrogens is 1. The van der Waals surface area contributed by atoms with Crippen LogP contribution >= 0.6 is 0 Å². The Morgan fingerprint density at radius 2 is 1.60 bits per heavy atom. The van der Waals surface area contributed by atoms with Gasteiger partial charge >= 0.3 is 5.97 Å². The predicted molar refractivity (Wildman–Crippen MR) is 170 cm³/mol. The molecule has 3 heterocycles. The molecule has 0 bridgehead atoms. The van der Waals surface area contributed by atoms with Crippen molar-refractivity contribution in [1.29, 1.82) is 0 Å². The van der Waals surface area contributed by atoms with E-state index in [1.165, 1.54) is 0 Å². The van der Waals surface area contributed by atoms with Gasteiger partial charge in [0, 0.05) is 15.8 Å². The SMILES string of the molecule is [N-]=[N+]=NC1[C@H](OCCc2ccc(CO[C@@H]3C(NC(=O)c4cc5ccccc5[nH]4)C(O)OC(CO)[C@@H]3O)cc2)OC(CO)[C@H](O)[C@@H]1OCC(=O)O. The summed E-state index contributed by atoms with van der Waals surface area (Å²) in [7, 11) is 0. The highest BCUT2D eigenvalue weighted by Crippen LogP contribution is 2.28. The Hall–Kier alpha value is -4.17. The number of aliphatic hydroxyl groups is 5. The van der Waals surface area contributed by atoms with Crippen molar-refractivity contribution >= 4 is 22.8 Å². The number of fused-ring (bicyclic) bond motifs is 1. The zero-order valence-electron chi connectivity index (χ0n) is 26.6. The number of nitrogens with zero attached hydrogens (tertiary/aromatic N) is 3. The van der Waals surface area contributed by atoms with Crippen molar-refractivity contribution in [2.75, 3.05) is 26.4 Å². The number of aromatic nitrogens is 1. The first-order chi connectivity index (χ1) is 24.1. The molecule has 2 aliphatic rings. The van der Waals surface area contributed by atoms with E-state index in [2.05, 4.69) is 20.3 Å². The summed E-state index contributed by atoms with van der Waals surface area (Å²) in [5.41, 5.74) is 11.5. The van der Waals surface area contributed by atoms with Crippen molar-refractivity contribution < 1.29 is 63.9 Å². The van der Waals surface area contributed by atoms with E-state index in [9.17, 15) is 35.1 Å². The molecule has 0 aliphatic carbocycles. The van der Waals surface area contributed by atoms with Gasteiger partial charge in [-0.3, -0.25) is 4.79 Å². The number of aromatic amines is 1. The van der Waals surface area contributed by atoms with Crippen molar-refractivity contribution in [3.05, 3.63) is 81.9 Å². The molecule has 50 heavy (non-hydrogen) atoms. The minimum Gasteiger partial charge on any atom is -0.480 e. The number of aliphatic hydroxyl groups excluding tert-OH is 5. The summed E-state index contributed by atoms with van der Waals surface area (Å²) in [4.78, 5) is 29.9. The lowest BCUT2D eigenvalue weighted by Crippen LogP contribution is -2.64. The summed E-state index contributed by atoms with van der Waals surface area (Å²) < 4.78 is 28.0. The van der Waals surface area contributed by atoms with Crippen LogP contribution in [0.4, 0.5) is 0 Å². The Kier molecular flexibility index (Phi) is 12.7. The van der Waals surface area contributed by atoms with E-state index in [0.29, 0.717) is 12.0 Å². The number of amides is 1. The van der Waals surface area contributed by atoms with Crippen molar-refractivity contribution in [1.82, 2.24) is 10.3 Å². The number of ether oxygens (including phenoxy) is 5. The first-order valence-electron chi connectivity index (χ1n) is 15.8. The Morgan fingerprint density at radius 1 is 0.920 bits per heavy atom. The smallest absolute Gasteiger partial charge is 0.329 e. The molecule has 2 fully saturated rings. The largest absolute Gasteiger partial charge is 0.480 e. The van der Waals surface area contributed by atoms with Crippen LogP contribution in [0.15, 0.2) is 59.7 Å². The molecule has 10 atom stereocenters. The minimum absolute atomic E-state index is 0.0332. The number of rotatable bonds is 15. The van der Waals surface area contributed by atoms with E-state index in [1.807, 2.05) is 24.3 Å². The van der Waals surface area contributed by atoms with Gasteiger partial charge < -0.3 is 64.6 Å². The second-order valence-corrected chi connectivity index (χ2v) is 11.8. The number of carbonyl (C=O) groups is 2. The van der Waals surface area contributed by atoms with Crippen molar-refractivity contribution in [2.45, 2.75) is 74.3 Å². The van der Waals surface area contributed by atoms with Crippen LogP contribution in [0.2, 0.25) is 0 Å². The van der Waals surface area contributed by atoms with E-state index in [-0.39, 0.29) is 18.9 Å². The lowest BCUT2D eigenvalue weighted by atomic mass is 9.96. The highest BCUT2D eigenvalue weighted by molar-refractivity contribution is 5.98. The standard InChI is InChI=1S/C32H39N5O13/c33-37-36-25-29(48-15-23(40)41)27(43)22(13-39)50-32(25)46-10-9-16-5-7-17(8-6-16)14-47-28-24(31(45)49-21(12-38)26(28)42)35-30(44)20-11-18-3-1-2-4-19(18)34-20/h1-8,11,21-22,24-29,31-32,34,38-39,42-43,45H,9-10,12-15H2,(H,35,44)(H,40,41)/t21?,22?,24?,25?,26-,27-,28+,29+,31?,32+/m0/s1. The van der Waals surface area contributed by atoms with Crippen molar-refractivity contribution in [3.63, 3.8) is 0 Å². The van der Waals surface area contributed by atoms with Gasteiger partial charge in [-0.1, -0.05) is 47.6 Å². The zero-order chi connectivity index (χ0) is 35.8. The number of carbonyl (C=O) groups excluding carboxylic acids is 1. The number of nitrogens with one attached hydrogen (secondary N) is 2. The fourth-order valence-electron chi connectivity index (χ4n) is 5.88. The van der Waals surface area contributed by atoms with Crippen molar-refractivity contribution in [3.8, 4) is 0 Å². The van der Waals surface area contributed by atoms with E-state index < -0.39 is 93.0 Å². The van der Waals surface area contributed by atoms with Crippen LogP contribution in [0.1, 0.15) is 21.6 Å². The van der Waals surface area contributed by atoms with Crippen LogP contribution in [0.25, 0.3) is 21.3 Å². The molecule has 18 heteroatoms. The quantitative estimate of drug-likeness (QED) is 0.0575. The van der Waals surface area contributed by atoms with E-state index in [1.54, 1.807) is 30.3 Å². The molecule has 1 amide bonds. The maximum Gasteiger partial charge on any atom is 0.329 e. The van der Waals surface area contributed by atoms with Crippen LogP contribution in [-0.2, 0) is 41.5 Å². The van der Waals surface area contributed by atoms with Crippen LogP contribution < -0.4 is 5.32 Å². The first kappa shape index (κ1) is 37.1. The van der Waals surface area contributed by atoms with Crippen LogP contribution in [-0.4, -0.2) is 135 Å². The summed E-state index contributed by atoms with van der Waals surface area (Å²) >= 11 is 0. The molecule has 270 valence electrons. The van der Waals surface area contributed by atoms with Gasteiger partial charge in [-0.05, 0) is 35.2 Å². The average Bonchev–Trinajstić information content (AvgIpc) is 3.55. The first-order valence-corrected chi connectivity index (χ1v) is 15.8. The van der Waals surface area contributed by atoms with Gasteiger partial charge in [0.2, 0.25) is 0 Å². The van der Waals surface area contributed by atoms with Gasteiger partial charge in [-0.25, -0.2) is 4.79 Å². The topological polar surface area (TPSA) is 278 Å². The lowest BCUT2D eigenvalue weighted by Gasteiger charge is -2.42. The van der Waals surface area contributed by atoms with Crippen LogP contribution in [0.5, 0.6) is 0 Å². The van der Waals surface area contributed by atoms with Gasteiger partial charge in [0.05, 0.1) is 26.4 Å². The number of hydrogen-bond acceptors (Lipinski definition) is 13. The summed E-state index contributed by atoms with van der Waals surface area (Å²) in [6, 6.07) is 13.6. The molecule has 5 rings (SSSR count). The predicted octanol–water partition coefficient (Wildman–Crippen LogP) is -0.292. The van der Waals surface area contributed by atoms with E-state index in [0.717, 1.165) is 16.5 Å². The highest BCUT2D eigenvalue weighted by atomic mass is 16.7. The molecule has 8 N–H and O–H groups in total. The van der Waals surface area contributed by atoms with Crippen molar-refractivity contribution in [2.24, 2.45) is 5.11 Å². The fraction of sp³-hybridized carbons (Fsp3) is 0.500. The Balaban J connectivity index is 1.18. The maximum atomic E-state index is 13.1. The highest BCUT2D eigenvalue weighted by Gasteiger charge is 2.47. The minimum atomic E-state index is -1.59. The maximum absolute atomic E-state index is 13.1. The lowest BCUT2D eigenvalue weighted by molar-refractivity contribution is -0.271. The van der Waals surface area contributed by atoms with Gasteiger partial charge in [0.1, 0.15) is 61.0 Å². The second kappa shape index (κ2) is 17.2. The normalized spacial score (nSPS) is 29.7. The molecule has 2 aromatic carbocycles. The van der Waals surface area contributed by atoms with Gasteiger partial charge in [0.25, 0.3) is 5.91 Å². The zero-order valence-corrected chi connectivity index (χ0v) is 26.6. The summed E-state index contributed by atoms with van der Waals surface area (Å²) in [5.74, 6) is -1.86. The van der Waals surface area contributed by atoms with Crippen LogP contribution in [0.3, 0.4) is 0 Å². The fourth-order valence-corrected chi connectivity index (χ4v) is 5.88. The number of para-hydroxylation sites is 1. The van der Waals surface area contributed by atoms with Gasteiger partial charge in [-0.2, -0.15) is 0 Å². The molecule has 0 saturated carbocycles. The third-order valence-corrected chi connectivity index (χ3v) is 8.49. The molecule has 0 radical (unpaired) electrons. The van der Waals surface area contributed by atoms with Gasteiger partial charge in [-0.15, -0.1) is 0 Å². The molecular formula is C32H39N5O13.